The molecule has 0 amide bonds. The van der Waals surface area contributed by atoms with Crippen LogP contribution in [0.3, 0.4) is 0 Å². The van der Waals surface area contributed by atoms with E-state index >= 15 is 0 Å². The Morgan fingerprint density at radius 2 is 2.33 bits per heavy atom. The van der Waals surface area contributed by atoms with E-state index in [9.17, 15) is 9.18 Å². The SMILES string of the molecule is O=C(Cc1ccc(F)cc1Br)CC1CCCNC1. The Bertz CT molecular complexity index is 430. The van der Waals surface area contributed by atoms with Crippen molar-refractivity contribution in [3.63, 3.8) is 0 Å². The monoisotopic (exact) mass is 313 g/mol. The number of ketones is 1. The van der Waals surface area contributed by atoms with E-state index < -0.39 is 0 Å². The van der Waals surface area contributed by atoms with Crippen molar-refractivity contribution in [3.8, 4) is 0 Å². The Morgan fingerprint density at radius 1 is 1.50 bits per heavy atom. The van der Waals surface area contributed by atoms with Crippen molar-refractivity contribution in [1.82, 2.24) is 5.32 Å². The number of carbonyl (C=O) groups is 1. The van der Waals surface area contributed by atoms with Crippen molar-refractivity contribution in [2.45, 2.75) is 25.7 Å². The molecule has 1 atom stereocenters. The quantitative estimate of drug-likeness (QED) is 0.925. The average molecular weight is 314 g/mol. The zero-order valence-electron chi connectivity index (χ0n) is 10.2. The molecule has 0 aliphatic carbocycles. The van der Waals surface area contributed by atoms with Gasteiger partial charge in [0.25, 0.3) is 0 Å². The molecule has 0 saturated carbocycles. The molecule has 4 heteroatoms. The molecule has 1 aromatic rings. The van der Waals surface area contributed by atoms with Gasteiger partial charge >= 0.3 is 0 Å². The third kappa shape index (κ3) is 3.89. The van der Waals surface area contributed by atoms with Crippen LogP contribution >= 0.6 is 15.9 Å². The molecule has 2 rings (SSSR count). The number of rotatable bonds is 4. The van der Waals surface area contributed by atoms with E-state index in [-0.39, 0.29) is 11.6 Å². The van der Waals surface area contributed by atoms with E-state index in [0.717, 1.165) is 31.5 Å². The first-order valence-corrected chi connectivity index (χ1v) is 7.11. The molecule has 1 heterocycles. The molecule has 0 radical (unpaired) electrons. The summed E-state index contributed by atoms with van der Waals surface area (Å²) in [7, 11) is 0. The molecule has 1 aliphatic rings. The summed E-state index contributed by atoms with van der Waals surface area (Å²) in [6.45, 7) is 2.00. The van der Waals surface area contributed by atoms with E-state index in [1.807, 2.05) is 0 Å². The molecular weight excluding hydrogens is 297 g/mol. The summed E-state index contributed by atoms with van der Waals surface area (Å²) in [6.07, 6.45) is 3.29. The Balaban J connectivity index is 1.90. The lowest BCUT2D eigenvalue weighted by molar-refractivity contribution is -0.119. The van der Waals surface area contributed by atoms with Crippen molar-refractivity contribution < 1.29 is 9.18 Å². The van der Waals surface area contributed by atoms with Crippen molar-refractivity contribution in [1.29, 1.82) is 0 Å². The van der Waals surface area contributed by atoms with Gasteiger partial charge in [0.15, 0.2) is 0 Å². The molecule has 0 aromatic heterocycles. The van der Waals surface area contributed by atoms with Gasteiger partial charge in [-0.15, -0.1) is 0 Å². The molecule has 0 spiro atoms. The fourth-order valence-corrected chi connectivity index (χ4v) is 2.86. The van der Waals surface area contributed by atoms with Crippen LogP contribution in [-0.2, 0) is 11.2 Å². The first-order chi connectivity index (χ1) is 8.65. The van der Waals surface area contributed by atoms with E-state index in [1.165, 1.54) is 12.1 Å². The number of nitrogens with one attached hydrogen (secondary N) is 1. The average Bonchev–Trinajstić information content (AvgIpc) is 2.34. The van der Waals surface area contributed by atoms with Gasteiger partial charge in [0, 0.05) is 17.3 Å². The zero-order valence-corrected chi connectivity index (χ0v) is 11.8. The van der Waals surface area contributed by atoms with Gasteiger partial charge in [-0.05, 0) is 49.5 Å². The van der Waals surface area contributed by atoms with Gasteiger partial charge in [0.1, 0.15) is 11.6 Å². The fraction of sp³-hybridized carbons (Fsp3) is 0.500. The summed E-state index contributed by atoms with van der Waals surface area (Å²) in [5, 5.41) is 3.31. The minimum atomic E-state index is -0.283. The third-order valence-corrected chi connectivity index (χ3v) is 4.06. The van der Waals surface area contributed by atoms with Gasteiger partial charge in [-0.25, -0.2) is 4.39 Å². The largest absolute Gasteiger partial charge is 0.316 e. The normalized spacial score (nSPS) is 19.8. The maximum atomic E-state index is 12.9. The van der Waals surface area contributed by atoms with Gasteiger partial charge in [0.2, 0.25) is 0 Å². The summed E-state index contributed by atoms with van der Waals surface area (Å²) in [5.74, 6) is 0.413. The summed E-state index contributed by atoms with van der Waals surface area (Å²) >= 11 is 3.30. The van der Waals surface area contributed by atoms with E-state index in [4.69, 9.17) is 0 Å². The molecular formula is C14H17BrFNO. The van der Waals surface area contributed by atoms with Crippen LogP contribution in [0, 0.1) is 11.7 Å². The van der Waals surface area contributed by atoms with Crippen molar-refractivity contribution in [2.75, 3.05) is 13.1 Å². The van der Waals surface area contributed by atoms with Crippen LogP contribution in [0.1, 0.15) is 24.8 Å². The second-order valence-corrected chi connectivity index (χ2v) is 5.72. The Morgan fingerprint density at radius 3 is 3.00 bits per heavy atom. The molecule has 1 fully saturated rings. The lowest BCUT2D eigenvalue weighted by Gasteiger charge is -2.22. The second kappa shape index (κ2) is 6.43. The Kier molecular flexibility index (Phi) is 4.89. The van der Waals surface area contributed by atoms with Crippen molar-refractivity contribution in [2.24, 2.45) is 5.92 Å². The van der Waals surface area contributed by atoms with Gasteiger partial charge in [-0.2, -0.15) is 0 Å². The number of benzene rings is 1. The van der Waals surface area contributed by atoms with Crippen LogP contribution in [0.4, 0.5) is 4.39 Å². The fourth-order valence-electron chi connectivity index (χ4n) is 2.37. The molecule has 1 N–H and O–H groups in total. The molecule has 0 bridgehead atoms. The first-order valence-electron chi connectivity index (χ1n) is 6.31. The highest BCUT2D eigenvalue weighted by atomic mass is 79.9. The van der Waals surface area contributed by atoms with E-state index in [0.29, 0.717) is 23.2 Å². The Labute approximate surface area is 115 Å². The molecule has 1 aliphatic heterocycles. The van der Waals surface area contributed by atoms with Gasteiger partial charge in [0.05, 0.1) is 0 Å². The highest BCUT2D eigenvalue weighted by Gasteiger charge is 2.17. The van der Waals surface area contributed by atoms with E-state index in [1.54, 1.807) is 6.07 Å². The maximum Gasteiger partial charge on any atom is 0.137 e. The summed E-state index contributed by atoms with van der Waals surface area (Å²) in [6, 6.07) is 4.48. The van der Waals surface area contributed by atoms with Crippen molar-refractivity contribution >= 4 is 21.7 Å². The predicted octanol–water partition coefficient (Wildman–Crippen LogP) is 3.09. The smallest absolute Gasteiger partial charge is 0.137 e. The molecule has 1 saturated heterocycles. The number of hydrogen-bond donors (Lipinski definition) is 1. The minimum Gasteiger partial charge on any atom is -0.316 e. The van der Waals surface area contributed by atoms with Gasteiger partial charge < -0.3 is 5.32 Å². The predicted molar refractivity (Wildman–Crippen MR) is 73.0 cm³/mol. The summed E-state index contributed by atoms with van der Waals surface area (Å²) < 4.78 is 13.6. The van der Waals surface area contributed by atoms with Crippen LogP contribution in [0.15, 0.2) is 22.7 Å². The second-order valence-electron chi connectivity index (χ2n) is 4.87. The number of piperidine rings is 1. The van der Waals surface area contributed by atoms with Crippen LogP contribution in [0.25, 0.3) is 0 Å². The van der Waals surface area contributed by atoms with Gasteiger partial charge in [-0.1, -0.05) is 22.0 Å². The summed E-state index contributed by atoms with van der Waals surface area (Å²) in [5.41, 5.74) is 0.866. The first kappa shape index (κ1) is 13.7. The zero-order chi connectivity index (χ0) is 13.0. The highest BCUT2D eigenvalue weighted by Crippen LogP contribution is 2.21. The highest BCUT2D eigenvalue weighted by molar-refractivity contribution is 9.10. The Hall–Kier alpha value is -0.740. The lowest BCUT2D eigenvalue weighted by atomic mass is 9.92. The van der Waals surface area contributed by atoms with Crippen LogP contribution in [0.2, 0.25) is 0 Å². The van der Waals surface area contributed by atoms with Crippen molar-refractivity contribution in [3.05, 3.63) is 34.1 Å². The standard InChI is InChI=1S/C14H17BrFNO/c15-14-8-12(16)4-3-11(14)7-13(18)6-10-2-1-5-17-9-10/h3-4,8,10,17H,1-2,5-7,9H2. The number of halogens is 2. The lowest BCUT2D eigenvalue weighted by Crippen LogP contribution is -2.31. The van der Waals surface area contributed by atoms with Crippen LogP contribution < -0.4 is 5.32 Å². The van der Waals surface area contributed by atoms with E-state index in [2.05, 4.69) is 21.2 Å². The molecule has 98 valence electrons. The van der Waals surface area contributed by atoms with Gasteiger partial charge in [-0.3, -0.25) is 4.79 Å². The van der Waals surface area contributed by atoms with Crippen LogP contribution in [-0.4, -0.2) is 18.9 Å². The molecule has 1 unspecified atom stereocenters. The number of hydrogen-bond acceptors (Lipinski definition) is 2. The minimum absolute atomic E-state index is 0.232. The van der Waals surface area contributed by atoms with Crippen LogP contribution in [0.5, 0.6) is 0 Å². The topological polar surface area (TPSA) is 29.1 Å². The number of Topliss-reactive ketones (excluding diaryl/α,β-unsaturated/α-hetero) is 1. The molecule has 2 nitrogen and oxygen atoms in total. The molecule has 1 aromatic carbocycles. The molecule has 18 heavy (non-hydrogen) atoms. The summed E-state index contributed by atoms with van der Waals surface area (Å²) in [4.78, 5) is 12.0. The number of carbonyl (C=O) groups excluding carboxylic acids is 1. The third-order valence-electron chi connectivity index (χ3n) is 3.32. The maximum absolute atomic E-state index is 12.9.